The van der Waals surface area contributed by atoms with Gasteiger partial charge in [-0.05, 0) is 35.7 Å². The Kier molecular flexibility index (Phi) is 4.29. The zero-order chi connectivity index (χ0) is 14.5. The molecule has 0 atom stereocenters. The van der Waals surface area contributed by atoms with Gasteiger partial charge < -0.3 is 14.2 Å². The first-order valence-corrected chi connectivity index (χ1v) is 7.46. The topological polar surface area (TPSA) is 27.7 Å². The lowest BCUT2D eigenvalue weighted by molar-refractivity contribution is 0.171. The van der Waals surface area contributed by atoms with Crippen LogP contribution in [0.25, 0.3) is 0 Å². The third-order valence-corrected chi connectivity index (χ3v) is 3.49. The van der Waals surface area contributed by atoms with Crippen molar-refractivity contribution in [2.24, 2.45) is 0 Å². The van der Waals surface area contributed by atoms with E-state index in [1.807, 2.05) is 30.3 Å². The van der Waals surface area contributed by atoms with E-state index in [9.17, 15) is 0 Å². The number of hydrogen-bond donors (Lipinski definition) is 0. The molecule has 0 saturated carbocycles. The quantitative estimate of drug-likeness (QED) is 0.831. The molecule has 1 heterocycles. The van der Waals surface area contributed by atoms with Crippen molar-refractivity contribution in [2.75, 3.05) is 13.2 Å². The molecule has 0 aromatic heterocycles. The van der Waals surface area contributed by atoms with Crippen molar-refractivity contribution < 1.29 is 14.2 Å². The fraction of sp³-hybridized carbons (Fsp3) is 0.333. The molecule has 0 unspecified atom stereocenters. The van der Waals surface area contributed by atoms with E-state index in [0.717, 1.165) is 35.7 Å². The Morgan fingerprint density at radius 2 is 1.81 bits per heavy atom. The van der Waals surface area contributed by atoms with Crippen molar-refractivity contribution >= 4 is 0 Å². The molecule has 0 aliphatic carbocycles. The van der Waals surface area contributed by atoms with Crippen molar-refractivity contribution in [3.8, 4) is 17.2 Å². The number of fused-ring (bicyclic) bond motifs is 1. The molecule has 0 spiro atoms. The van der Waals surface area contributed by atoms with E-state index in [-0.39, 0.29) is 0 Å². The molecule has 1 aliphatic rings. The standard InChI is InChI=1S/C18H20O3/c1-2-5-15-6-3-4-7-16(15)21-13-14-8-9-17-18(12-14)20-11-10-19-17/h3-4,6-9,12H,2,5,10-11,13H2,1H3. The first-order chi connectivity index (χ1) is 10.4. The van der Waals surface area contributed by atoms with Gasteiger partial charge in [0.25, 0.3) is 0 Å². The fourth-order valence-corrected chi connectivity index (χ4v) is 2.46. The van der Waals surface area contributed by atoms with Gasteiger partial charge in [0.1, 0.15) is 25.6 Å². The van der Waals surface area contributed by atoms with Gasteiger partial charge in [0, 0.05) is 0 Å². The van der Waals surface area contributed by atoms with Crippen LogP contribution in [0.1, 0.15) is 24.5 Å². The molecule has 3 heteroatoms. The molecular weight excluding hydrogens is 264 g/mol. The van der Waals surface area contributed by atoms with E-state index in [2.05, 4.69) is 19.1 Å². The predicted molar refractivity (Wildman–Crippen MR) is 82.2 cm³/mol. The summed E-state index contributed by atoms with van der Waals surface area (Å²) in [5.41, 5.74) is 2.35. The summed E-state index contributed by atoms with van der Waals surface area (Å²) in [5.74, 6) is 2.59. The Balaban J connectivity index is 1.70. The molecule has 21 heavy (non-hydrogen) atoms. The van der Waals surface area contributed by atoms with Gasteiger partial charge in [-0.15, -0.1) is 0 Å². The van der Waals surface area contributed by atoms with E-state index in [1.165, 1.54) is 5.56 Å². The lowest BCUT2D eigenvalue weighted by atomic mass is 10.1. The molecule has 3 rings (SSSR count). The summed E-state index contributed by atoms with van der Waals surface area (Å²) in [7, 11) is 0. The molecule has 3 nitrogen and oxygen atoms in total. The molecule has 0 N–H and O–H groups in total. The Labute approximate surface area is 125 Å². The smallest absolute Gasteiger partial charge is 0.161 e. The second-order valence-electron chi connectivity index (χ2n) is 5.12. The van der Waals surface area contributed by atoms with E-state index in [1.54, 1.807) is 0 Å². The van der Waals surface area contributed by atoms with Gasteiger partial charge in [0.2, 0.25) is 0 Å². The average molecular weight is 284 g/mol. The van der Waals surface area contributed by atoms with Crippen LogP contribution in [0.3, 0.4) is 0 Å². The summed E-state index contributed by atoms with van der Waals surface area (Å²) in [4.78, 5) is 0. The summed E-state index contributed by atoms with van der Waals surface area (Å²) in [6, 6.07) is 14.2. The van der Waals surface area contributed by atoms with Crippen LogP contribution in [0, 0.1) is 0 Å². The first-order valence-electron chi connectivity index (χ1n) is 7.46. The zero-order valence-corrected chi connectivity index (χ0v) is 12.3. The lowest BCUT2D eigenvalue weighted by Crippen LogP contribution is -2.15. The molecule has 0 bridgehead atoms. The highest BCUT2D eigenvalue weighted by Crippen LogP contribution is 2.31. The van der Waals surface area contributed by atoms with Crippen LogP contribution in [0.4, 0.5) is 0 Å². The van der Waals surface area contributed by atoms with Crippen LogP contribution in [-0.2, 0) is 13.0 Å². The lowest BCUT2D eigenvalue weighted by Gasteiger charge is -2.19. The zero-order valence-electron chi connectivity index (χ0n) is 12.3. The van der Waals surface area contributed by atoms with Crippen LogP contribution in [0.5, 0.6) is 17.2 Å². The Morgan fingerprint density at radius 3 is 2.67 bits per heavy atom. The highest BCUT2D eigenvalue weighted by molar-refractivity contribution is 5.44. The van der Waals surface area contributed by atoms with E-state index in [4.69, 9.17) is 14.2 Å². The van der Waals surface area contributed by atoms with Crippen molar-refractivity contribution in [3.63, 3.8) is 0 Å². The highest BCUT2D eigenvalue weighted by Gasteiger charge is 2.12. The van der Waals surface area contributed by atoms with Crippen LogP contribution in [-0.4, -0.2) is 13.2 Å². The second-order valence-corrected chi connectivity index (χ2v) is 5.12. The molecule has 0 amide bonds. The number of ether oxygens (including phenoxy) is 3. The minimum atomic E-state index is 0.539. The summed E-state index contributed by atoms with van der Waals surface area (Å²) in [6.45, 7) is 3.94. The minimum Gasteiger partial charge on any atom is -0.489 e. The van der Waals surface area contributed by atoms with Gasteiger partial charge in [-0.25, -0.2) is 0 Å². The monoisotopic (exact) mass is 284 g/mol. The van der Waals surface area contributed by atoms with Crippen molar-refractivity contribution in [1.82, 2.24) is 0 Å². The van der Waals surface area contributed by atoms with Gasteiger partial charge in [0.05, 0.1) is 0 Å². The summed E-state index contributed by atoms with van der Waals surface area (Å²) < 4.78 is 17.1. The van der Waals surface area contributed by atoms with E-state index in [0.29, 0.717) is 19.8 Å². The molecule has 0 fully saturated rings. The Morgan fingerprint density at radius 1 is 1.00 bits per heavy atom. The van der Waals surface area contributed by atoms with Gasteiger partial charge in [-0.1, -0.05) is 37.6 Å². The number of benzene rings is 2. The predicted octanol–water partition coefficient (Wildman–Crippen LogP) is 3.99. The van der Waals surface area contributed by atoms with Crippen molar-refractivity contribution in [2.45, 2.75) is 26.4 Å². The van der Waals surface area contributed by atoms with Crippen molar-refractivity contribution in [1.29, 1.82) is 0 Å². The average Bonchev–Trinajstić information content (AvgIpc) is 2.54. The maximum Gasteiger partial charge on any atom is 0.161 e. The molecule has 110 valence electrons. The van der Waals surface area contributed by atoms with Crippen LogP contribution in [0.15, 0.2) is 42.5 Å². The maximum absolute atomic E-state index is 5.97. The Hall–Kier alpha value is -2.16. The SMILES string of the molecule is CCCc1ccccc1OCc1ccc2c(c1)OCCO2. The normalized spacial score (nSPS) is 13.0. The highest BCUT2D eigenvalue weighted by atomic mass is 16.6. The largest absolute Gasteiger partial charge is 0.489 e. The number of para-hydroxylation sites is 1. The minimum absolute atomic E-state index is 0.539. The molecule has 0 radical (unpaired) electrons. The molecule has 2 aromatic carbocycles. The molecule has 1 aliphatic heterocycles. The van der Waals surface area contributed by atoms with Crippen molar-refractivity contribution in [3.05, 3.63) is 53.6 Å². The first kappa shape index (κ1) is 13.8. The summed E-state index contributed by atoms with van der Waals surface area (Å²) in [6.07, 6.45) is 2.15. The third kappa shape index (κ3) is 3.30. The number of aryl methyl sites for hydroxylation is 1. The third-order valence-electron chi connectivity index (χ3n) is 3.49. The number of hydrogen-bond acceptors (Lipinski definition) is 3. The second kappa shape index (κ2) is 6.53. The maximum atomic E-state index is 5.97. The van der Waals surface area contributed by atoms with Gasteiger partial charge in [-0.2, -0.15) is 0 Å². The molecule has 2 aromatic rings. The van der Waals surface area contributed by atoms with Gasteiger partial charge >= 0.3 is 0 Å². The van der Waals surface area contributed by atoms with Gasteiger partial charge in [0.15, 0.2) is 11.5 Å². The number of rotatable bonds is 5. The van der Waals surface area contributed by atoms with Gasteiger partial charge in [-0.3, -0.25) is 0 Å². The van der Waals surface area contributed by atoms with Crippen LogP contribution < -0.4 is 14.2 Å². The Bertz CT molecular complexity index is 607. The van der Waals surface area contributed by atoms with Crippen LogP contribution >= 0.6 is 0 Å². The van der Waals surface area contributed by atoms with E-state index >= 15 is 0 Å². The van der Waals surface area contributed by atoms with E-state index < -0.39 is 0 Å². The van der Waals surface area contributed by atoms with Crippen LogP contribution in [0.2, 0.25) is 0 Å². The fourth-order valence-electron chi connectivity index (χ4n) is 2.46. The summed E-state index contributed by atoms with van der Waals surface area (Å²) in [5, 5.41) is 0. The summed E-state index contributed by atoms with van der Waals surface area (Å²) >= 11 is 0. The molecule has 0 saturated heterocycles. The molecular formula is C18H20O3.